The van der Waals surface area contributed by atoms with E-state index in [1.165, 1.54) is 12.1 Å². The Balaban J connectivity index is 1.50. The lowest BCUT2D eigenvalue weighted by Crippen LogP contribution is -2.50. The molecule has 1 atom stereocenters. The van der Waals surface area contributed by atoms with Gasteiger partial charge in [0.05, 0.1) is 6.54 Å². The molecule has 1 unspecified atom stereocenters. The van der Waals surface area contributed by atoms with Crippen LogP contribution in [-0.4, -0.2) is 52.0 Å². The molecule has 0 N–H and O–H groups in total. The molecule has 0 spiro atoms. The molecule has 2 heterocycles. The van der Waals surface area contributed by atoms with Crippen LogP contribution in [0.5, 0.6) is 0 Å². The summed E-state index contributed by atoms with van der Waals surface area (Å²) < 4.78 is 18.3. The minimum Gasteiger partial charge on any atom is -0.340 e. The summed E-state index contributed by atoms with van der Waals surface area (Å²) in [6, 6.07) is 6.00. The van der Waals surface area contributed by atoms with Crippen LogP contribution in [-0.2, 0) is 11.3 Å². The molecule has 1 saturated heterocycles. The van der Waals surface area contributed by atoms with Gasteiger partial charge in [-0.3, -0.25) is 9.69 Å². The summed E-state index contributed by atoms with van der Waals surface area (Å²) in [6.07, 6.45) is 4.13. The minimum atomic E-state index is -0.295. The number of aromatic nitrogens is 2. The number of carbonyl (C=O) groups is 1. The van der Waals surface area contributed by atoms with Gasteiger partial charge in [0.1, 0.15) is 5.82 Å². The van der Waals surface area contributed by atoms with E-state index in [1.807, 2.05) is 4.90 Å². The summed E-state index contributed by atoms with van der Waals surface area (Å²) in [4.78, 5) is 21.4. The molecule has 1 aliphatic heterocycles. The van der Waals surface area contributed by atoms with Crippen LogP contribution >= 0.6 is 0 Å². The molecule has 1 amide bonds. The lowest BCUT2D eigenvalue weighted by molar-refractivity contribution is -0.137. The Hall–Kier alpha value is -2.28. The SMILES string of the molecule is CCCCC(CC)C(=O)N1CCN(Cc2noc(-c3ccc(F)cc3)n2)CC1. The van der Waals surface area contributed by atoms with Crippen molar-refractivity contribution in [3.8, 4) is 11.5 Å². The van der Waals surface area contributed by atoms with E-state index in [4.69, 9.17) is 4.52 Å². The van der Waals surface area contributed by atoms with Crippen molar-refractivity contribution in [2.24, 2.45) is 5.92 Å². The molecule has 3 rings (SSSR count). The van der Waals surface area contributed by atoms with Crippen molar-refractivity contribution < 1.29 is 13.7 Å². The van der Waals surface area contributed by atoms with Gasteiger partial charge in [0.25, 0.3) is 5.89 Å². The van der Waals surface area contributed by atoms with Crippen LogP contribution in [0.25, 0.3) is 11.5 Å². The number of rotatable bonds is 8. The Morgan fingerprint density at radius 2 is 1.89 bits per heavy atom. The number of nitrogens with zero attached hydrogens (tertiary/aromatic N) is 4. The molecule has 28 heavy (non-hydrogen) atoms. The van der Waals surface area contributed by atoms with Crippen LogP contribution in [0.3, 0.4) is 0 Å². The molecule has 0 radical (unpaired) electrons. The first-order valence-electron chi connectivity index (χ1n) is 10.2. The number of benzene rings is 1. The van der Waals surface area contributed by atoms with Gasteiger partial charge in [0.2, 0.25) is 5.91 Å². The predicted molar refractivity (Wildman–Crippen MR) is 105 cm³/mol. The van der Waals surface area contributed by atoms with Crippen molar-refractivity contribution in [3.05, 3.63) is 35.9 Å². The molecule has 2 aromatic rings. The topological polar surface area (TPSA) is 62.5 Å². The molecule has 7 heteroatoms. The molecule has 0 bridgehead atoms. The maximum absolute atomic E-state index is 13.0. The van der Waals surface area contributed by atoms with Crippen molar-refractivity contribution in [1.82, 2.24) is 19.9 Å². The highest BCUT2D eigenvalue weighted by Gasteiger charge is 2.26. The highest BCUT2D eigenvalue weighted by Crippen LogP contribution is 2.19. The van der Waals surface area contributed by atoms with Gasteiger partial charge in [-0.25, -0.2) is 4.39 Å². The number of unbranched alkanes of at least 4 members (excludes halogenated alkanes) is 1. The van der Waals surface area contributed by atoms with Crippen LogP contribution in [0.4, 0.5) is 4.39 Å². The second kappa shape index (κ2) is 9.78. The normalized spacial score (nSPS) is 16.3. The zero-order valence-corrected chi connectivity index (χ0v) is 16.7. The first-order valence-corrected chi connectivity index (χ1v) is 10.2. The number of amides is 1. The van der Waals surface area contributed by atoms with Gasteiger partial charge >= 0.3 is 0 Å². The number of halogens is 1. The average Bonchev–Trinajstić information content (AvgIpc) is 3.18. The molecular weight excluding hydrogens is 359 g/mol. The summed E-state index contributed by atoms with van der Waals surface area (Å²) in [7, 11) is 0. The van der Waals surface area contributed by atoms with Crippen LogP contribution < -0.4 is 0 Å². The summed E-state index contributed by atoms with van der Waals surface area (Å²) >= 11 is 0. The van der Waals surface area contributed by atoms with Gasteiger partial charge in [0.15, 0.2) is 5.82 Å². The molecule has 1 aromatic heterocycles. The molecular formula is C21H29FN4O2. The predicted octanol–water partition coefficient (Wildman–Crippen LogP) is 3.74. The second-order valence-corrected chi connectivity index (χ2v) is 7.37. The van der Waals surface area contributed by atoms with Crippen molar-refractivity contribution >= 4 is 5.91 Å². The van der Waals surface area contributed by atoms with E-state index >= 15 is 0 Å². The van der Waals surface area contributed by atoms with E-state index in [0.29, 0.717) is 29.7 Å². The van der Waals surface area contributed by atoms with Crippen molar-refractivity contribution in [2.75, 3.05) is 26.2 Å². The zero-order chi connectivity index (χ0) is 19.9. The third kappa shape index (κ3) is 5.16. The Morgan fingerprint density at radius 3 is 2.54 bits per heavy atom. The standard InChI is InChI=1S/C21H29FN4O2/c1-3-5-6-16(4-2)21(27)26-13-11-25(12-14-26)15-19-23-20(28-24-19)17-7-9-18(22)10-8-17/h7-10,16H,3-6,11-15H2,1-2H3. The van der Waals surface area contributed by atoms with Gasteiger partial charge in [-0.2, -0.15) is 4.98 Å². The fourth-order valence-electron chi connectivity index (χ4n) is 3.57. The quantitative estimate of drug-likeness (QED) is 0.689. The first kappa shape index (κ1) is 20.5. The van der Waals surface area contributed by atoms with Gasteiger partial charge in [0, 0.05) is 37.7 Å². The van der Waals surface area contributed by atoms with E-state index in [-0.39, 0.29) is 11.7 Å². The smallest absolute Gasteiger partial charge is 0.257 e. The maximum Gasteiger partial charge on any atom is 0.257 e. The second-order valence-electron chi connectivity index (χ2n) is 7.37. The number of piperazine rings is 1. The third-order valence-electron chi connectivity index (χ3n) is 5.36. The van der Waals surface area contributed by atoms with Gasteiger partial charge in [-0.15, -0.1) is 0 Å². The molecule has 0 saturated carbocycles. The van der Waals surface area contributed by atoms with E-state index in [1.54, 1.807) is 12.1 Å². The van der Waals surface area contributed by atoms with E-state index in [2.05, 4.69) is 28.9 Å². The van der Waals surface area contributed by atoms with Crippen molar-refractivity contribution in [3.63, 3.8) is 0 Å². The number of hydrogen-bond donors (Lipinski definition) is 0. The van der Waals surface area contributed by atoms with E-state index in [9.17, 15) is 9.18 Å². The molecule has 1 fully saturated rings. The Labute approximate surface area is 165 Å². The van der Waals surface area contributed by atoms with Crippen LogP contribution in [0.15, 0.2) is 28.8 Å². The van der Waals surface area contributed by atoms with Crippen molar-refractivity contribution in [1.29, 1.82) is 0 Å². The fraction of sp³-hybridized carbons (Fsp3) is 0.571. The van der Waals surface area contributed by atoms with Crippen molar-refractivity contribution in [2.45, 2.75) is 46.1 Å². The highest BCUT2D eigenvalue weighted by molar-refractivity contribution is 5.78. The summed E-state index contributed by atoms with van der Waals surface area (Å²) in [5.41, 5.74) is 0.702. The maximum atomic E-state index is 13.0. The van der Waals surface area contributed by atoms with Gasteiger partial charge < -0.3 is 9.42 Å². The molecule has 152 valence electrons. The van der Waals surface area contributed by atoms with Crippen LogP contribution in [0.2, 0.25) is 0 Å². The molecule has 1 aliphatic rings. The Kier molecular flexibility index (Phi) is 7.14. The van der Waals surface area contributed by atoms with E-state index < -0.39 is 0 Å². The zero-order valence-electron chi connectivity index (χ0n) is 16.7. The number of hydrogen-bond acceptors (Lipinski definition) is 5. The Morgan fingerprint density at radius 1 is 1.18 bits per heavy atom. The molecule has 1 aromatic carbocycles. The Bertz CT molecular complexity index is 754. The summed E-state index contributed by atoms with van der Waals surface area (Å²) in [5, 5.41) is 4.04. The minimum absolute atomic E-state index is 0.155. The van der Waals surface area contributed by atoms with E-state index in [0.717, 1.165) is 51.9 Å². The third-order valence-corrected chi connectivity index (χ3v) is 5.36. The fourth-order valence-corrected chi connectivity index (χ4v) is 3.57. The largest absolute Gasteiger partial charge is 0.340 e. The highest BCUT2D eigenvalue weighted by atomic mass is 19.1. The summed E-state index contributed by atoms with van der Waals surface area (Å²) in [6.45, 7) is 7.93. The molecule has 6 nitrogen and oxygen atoms in total. The van der Waals surface area contributed by atoms with Crippen LogP contribution in [0, 0.1) is 11.7 Å². The first-order chi connectivity index (χ1) is 13.6. The van der Waals surface area contributed by atoms with Gasteiger partial charge in [-0.05, 0) is 37.1 Å². The average molecular weight is 388 g/mol. The van der Waals surface area contributed by atoms with Crippen LogP contribution in [0.1, 0.15) is 45.4 Å². The van der Waals surface area contributed by atoms with Gasteiger partial charge in [-0.1, -0.05) is 31.8 Å². The lowest BCUT2D eigenvalue weighted by Gasteiger charge is -2.35. The monoisotopic (exact) mass is 388 g/mol. The lowest BCUT2D eigenvalue weighted by atomic mass is 9.97. The summed E-state index contributed by atoms with van der Waals surface area (Å²) in [5.74, 6) is 1.16. The number of carbonyl (C=O) groups excluding carboxylic acids is 1. The molecule has 0 aliphatic carbocycles.